The summed E-state index contributed by atoms with van der Waals surface area (Å²) in [5, 5.41) is 18.9. The summed E-state index contributed by atoms with van der Waals surface area (Å²) < 4.78 is 5.91. The summed E-state index contributed by atoms with van der Waals surface area (Å²) in [5.41, 5.74) is -0.388. The van der Waals surface area contributed by atoms with Crippen LogP contribution in [0.25, 0.3) is 0 Å². The van der Waals surface area contributed by atoms with Crippen LogP contribution in [0.1, 0.15) is 65.7 Å². The van der Waals surface area contributed by atoms with Crippen LogP contribution in [-0.2, 0) is 20.9 Å². The Hall–Kier alpha value is -1.60. The zero-order valence-electron chi connectivity index (χ0n) is 19.6. The smallest absolute Gasteiger partial charge is 0.159 e. The van der Waals surface area contributed by atoms with Crippen LogP contribution in [0.4, 0.5) is 0 Å². The van der Waals surface area contributed by atoms with Crippen LogP contribution >= 0.6 is 0 Å². The van der Waals surface area contributed by atoms with Crippen LogP contribution in [0.15, 0.2) is 12.4 Å². The maximum absolute atomic E-state index is 13.8. The zero-order chi connectivity index (χ0) is 22.7. The molecule has 0 aromatic carbocycles. The summed E-state index contributed by atoms with van der Waals surface area (Å²) in [7, 11) is 0. The second-order valence-electron chi connectivity index (χ2n) is 11.3. The third kappa shape index (κ3) is 3.30. The number of fused-ring (bicyclic) bond motifs is 5. The third-order valence-corrected chi connectivity index (χ3v) is 9.88. The Morgan fingerprint density at radius 3 is 2.66 bits per heavy atom. The summed E-state index contributed by atoms with van der Waals surface area (Å²) in [6.45, 7) is 7.22. The quantitative estimate of drug-likeness (QED) is 0.752. The zero-order valence-corrected chi connectivity index (χ0v) is 19.6. The molecular formula is C25H37N3O4. The van der Waals surface area contributed by atoms with Gasteiger partial charge in [0.25, 0.3) is 0 Å². The van der Waals surface area contributed by atoms with E-state index in [1.165, 1.54) is 4.80 Å². The number of carbonyl (C=O) groups is 2. The number of ketones is 2. The largest absolute Gasteiger partial charge is 0.390 e. The van der Waals surface area contributed by atoms with E-state index in [2.05, 4.69) is 24.0 Å². The molecular weight excluding hydrogens is 406 g/mol. The number of hydrogen-bond acceptors (Lipinski definition) is 6. The highest BCUT2D eigenvalue weighted by atomic mass is 16.5. The number of aliphatic hydroxyl groups excluding tert-OH is 1. The fourth-order valence-electron chi connectivity index (χ4n) is 8.56. The molecule has 4 aliphatic carbocycles. The fraction of sp³-hybridized carbons (Fsp3) is 0.840. The predicted molar refractivity (Wildman–Crippen MR) is 117 cm³/mol. The molecule has 0 spiro atoms. The number of Topliss-reactive ketones (excluding diaryl/α,β-unsaturated/α-hetero) is 2. The summed E-state index contributed by atoms with van der Waals surface area (Å²) >= 11 is 0. The van der Waals surface area contributed by atoms with Gasteiger partial charge in [0, 0.05) is 24.9 Å². The molecule has 0 saturated heterocycles. The minimum Gasteiger partial charge on any atom is -0.390 e. The number of ether oxygens (including phenoxy) is 1. The van der Waals surface area contributed by atoms with E-state index in [-0.39, 0.29) is 41.1 Å². The average molecular weight is 444 g/mol. The minimum atomic E-state index is -0.432. The van der Waals surface area contributed by atoms with Gasteiger partial charge in [-0.1, -0.05) is 13.8 Å². The van der Waals surface area contributed by atoms with Gasteiger partial charge in [-0.15, -0.1) is 0 Å². The Bertz CT molecular complexity index is 873. The van der Waals surface area contributed by atoms with E-state index in [1.54, 1.807) is 12.4 Å². The summed E-state index contributed by atoms with van der Waals surface area (Å²) in [6, 6.07) is 0. The Labute approximate surface area is 190 Å². The van der Waals surface area contributed by atoms with Crippen LogP contribution in [0.2, 0.25) is 0 Å². The first kappa shape index (κ1) is 22.2. The first-order valence-corrected chi connectivity index (χ1v) is 12.5. The van der Waals surface area contributed by atoms with E-state index in [1.807, 2.05) is 6.92 Å². The van der Waals surface area contributed by atoms with Crippen molar-refractivity contribution in [2.24, 2.45) is 40.4 Å². The normalized spacial score (nSPS) is 45.8. The highest BCUT2D eigenvalue weighted by molar-refractivity contribution is 5.87. The van der Waals surface area contributed by atoms with Crippen molar-refractivity contribution in [1.82, 2.24) is 15.0 Å². The van der Waals surface area contributed by atoms with Crippen molar-refractivity contribution in [1.29, 1.82) is 0 Å². The van der Waals surface area contributed by atoms with Gasteiger partial charge < -0.3 is 9.84 Å². The number of rotatable bonds is 5. The molecule has 4 aliphatic rings. The van der Waals surface area contributed by atoms with Crippen molar-refractivity contribution >= 4 is 11.6 Å². The van der Waals surface area contributed by atoms with Crippen molar-refractivity contribution in [2.45, 2.75) is 84.5 Å². The van der Waals surface area contributed by atoms with Crippen LogP contribution < -0.4 is 0 Å². The molecule has 1 N–H and O–H groups in total. The van der Waals surface area contributed by atoms with Gasteiger partial charge in [0.15, 0.2) is 5.78 Å². The van der Waals surface area contributed by atoms with Gasteiger partial charge >= 0.3 is 0 Å². The standard InChI is InChI=1S/C25H37N3O4/c1-4-32-22-13-24(2)15(11-19(22)29)5-6-16-17-7-8-18(21(31)14-28-26-9-10-27-28)25(17,3)12-20(30)23(16)24/h9-10,15-19,22-23,29H,4-8,11-14H2,1-3H3/t15-,16-,17-,18+,19-,22-,23+,24-,25-/m0/s1. The van der Waals surface area contributed by atoms with Gasteiger partial charge in [0.2, 0.25) is 0 Å². The fourth-order valence-corrected chi connectivity index (χ4v) is 8.56. The highest BCUT2D eigenvalue weighted by Crippen LogP contribution is 2.66. The number of nitrogens with zero attached hydrogens (tertiary/aromatic N) is 3. The molecule has 0 aliphatic heterocycles. The second-order valence-corrected chi connectivity index (χ2v) is 11.3. The Morgan fingerprint density at radius 2 is 1.94 bits per heavy atom. The molecule has 0 amide bonds. The molecule has 7 heteroatoms. The second kappa shape index (κ2) is 8.01. The molecule has 9 atom stereocenters. The van der Waals surface area contributed by atoms with Gasteiger partial charge in [-0.05, 0) is 74.0 Å². The number of carbonyl (C=O) groups excluding carboxylic acids is 2. The van der Waals surface area contributed by atoms with Crippen molar-refractivity contribution in [3.63, 3.8) is 0 Å². The number of aliphatic hydroxyl groups is 1. The van der Waals surface area contributed by atoms with Crippen molar-refractivity contribution in [2.75, 3.05) is 6.61 Å². The van der Waals surface area contributed by atoms with E-state index < -0.39 is 6.10 Å². The lowest BCUT2D eigenvalue weighted by Crippen LogP contribution is -2.60. The summed E-state index contributed by atoms with van der Waals surface area (Å²) in [6.07, 6.45) is 8.53. The molecule has 5 rings (SSSR count). The van der Waals surface area contributed by atoms with Gasteiger partial charge in [0.1, 0.15) is 12.3 Å². The van der Waals surface area contributed by atoms with Crippen molar-refractivity contribution < 1.29 is 19.4 Å². The average Bonchev–Trinajstić information content (AvgIpc) is 3.35. The number of aromatic nitrogens is 3. The van der Waals surface area contributed by atoms with Gasteiger partial charge in [0.05, 0.1) is 24.6 Å². The molecule has 0 unspecified atom stereocenters. The Balaban J connectivity index is 1.40. The van der Waals surface area contributed by atoms with E-state index in [4.69, 9.17) is 4.74 Å². The molecule has 0 bridgehead atoms. The Kier molecular flexibility index (Phi) is 5.56. The lowest BCUT2D eigenvalue weighted by atomic mass is 9.44. The molecule has 1 aromatic rings. The first-order valence-electron chi connectivity index (χ1n) is 12.5. The van der Waals surface area contributed by atoms with Gasteiger partial charge in [-0.25, -0.2) is 0 Å². The summed E-state index contributed by atoms with van der Waals surface area (Å²) in [5.74, 6) is 1.53. The Morgan fingerprint density at radius 1 is 1.19 bits per heavy atom. The summed E-state index contributed by atoms with van der Waals surface area (Å²) in [4.78, 5) is 28.5. The van der Waals surface area contributed by atoms with E-state index in [0.717, 1.165) is 38.5 Å². The van der Waals surface area contributed by atoms with Crippen LogP contribution in [0, 0.1) is 40.4 Å². The van der Waals surface area contributed by atoms with Gasteiger partial charge in [-0.2, -0.15) is 15.0 Å². The molecule has 4 saturated carbocycles. The molecule has 4 fully saturated rings. The maximum Gasteiger partial charge on any atom is 0.159 e. The van der Waals surface area contributed by atoms with E-state index in [9.17, 15) is 14.7 Å². The van der Waals surface area contributed by atoms with E-state index >= 15 is 0 Å². The monoisotopic (exact) mass is 443 g/mol. The lowest BCUT2D eigenvalue weighted by molar-refractivity contribution is -0.179. The molecule has 7 nitrogen and oxygen atoms in total. The number of hydrogen-bond donors (Lipinski definition) is 1. The predicted octanol–water partition coefficient (Wildman–Crippen LogP) is 3.06. The molecule has 1 aromatic heterocycles. The molecule has 1 heterocycles. The van der Waals surface area contributed by atoms with Crippen LogP contribution in [0.5, 0.6) is 0 Å². The molecule has 176 valence electrons. The topological polar surface area (TPSA) is 94.3 Å². The van der Waals surface area contributed by atoms with Crippen molar-refractivity contribution in [3.8, 4) is 0 Å². The van der Waals surface area contributed by atoms with Crippen LogP contribution in [0.3, 0.4) is 0 Å². The molecule has 32 heavy (non-hydrogen) atoms. The highest BCUT2D eigenvalue weighted by Gasteiger charge is 2.64. The van der Waals surface area contributed by atoms with Crippen molar-refractivity contribution in [3.05, 3.63) is 12.4 Å². The van der Waals surface area contributed by atoms with Crippen LogP contribution in [-0.4, -0.2) is 50.5 Å². The van der Waals surface area contributed by atoms with E-state index in [0.29, 0.717) is 36.6 Å². The SMILES string of the molecule is CCO[C@H]1C[C@@]2(C)[C@@H](CC[C@H]3[C@@H]4CC[C@H](C(=O)Cn5nccn5)[C@@]4(C)CC(=O)[C@@H]32)C[C@@H]1O. The first-order chi connectivity index (χ1) is 15.3. The van der Waals surface area contributed by atoms with Gasteiger partial charge in [-0.3, -0.25) is 9.59 Å². The minimum absolute atomic E-state index is 0.0245. The lowest BCUT2D eigenvalue weighted by Gasteiger charge is -2.60. The third-order valence-electron chi connectivity index (χ3n) is 9.88. The maximum atomic E-state index is 13.8. The molecule has 0 radical (unpaired) electrons.